The van der Waals surface area contributed by atoms with E-state index in [9.17, 15) is 9.18 Å². The maximum Gasteiger partial charge on any atom is 0.289 e. The Hall–Kier alpha value is -3.12. The van der Waals surface area contributed by atoms with Crippen molar-refractivity contribution in [1.29, 1.82) is 0 Å². The van der Waals surface area contributed by atoms with Gasteiger partial charge in [0.1, 0.15) is 17.3 Å². The molecule has 1 atom stereocenters. The van der Waals surface area contributed by atoms with E-state index in [1.807, 2.05) is 24.3 Å². The highest BCUT2D eigenvalue weighted by atomic mass is 19.1. The number of nitrogens with zero attached hydrogens (tertiary/aromatic N) is 1. The van der Waals surface area contributed by atoms with Crippen LogP contribution < -0.4 is 4.74 Å². The summed E-state index contributed by atoms with van der Waals surface area (Å²) in [6.45, 7) is 1.58. The summed E-state index contributed by atoms with van der Waals surface area (Å²) < 4.78 is 30.2. The Labute approximate surface area is 175 Å². The number of ether oxygens (including phenoxy) is 2. The number of halogens is 1. The molecule has 0 radical (unpaired) electrons. The Morgan fingerprint density at radius 3 is 2.67 bits per heavy atom. The summed E-state index contributed by atoms with van der Waals surface area (Å²) in [6, 6.07) is 17.0. The van der Waals surface area contributed by atoms with Crippen molar-refractivity contribution in [3.63, 3.8) is 0 Å². The number of carbonyl (C=O) groups excluding carboxylic acids is 1. The van der Waals surface area contributed by atoms with Crippen molar-refractivity contribution in [1.82, 2.24) is 4.90 Å². The summed E-state index contributed by atoms with van der Waals surface area (Å²) >= 11 is 0. The van der Waals surface area contributed by atoms with Crippen molar-refractivity contribution in [2.45, 2.75) is 25.5 Å². The number of furan rings is 1. The average Bonchev–Trinajstić information content (AvgIpc) is 3.46. The zero-order valence-electron chi connectivity index (χ0n) is 16.8. The quantitative estimate of drug-likeness (QED) is 0.556. The summed E-state index contributed by atoms with van der Waals surface area (Å²) in [5.74, 6) is 0.954. The van der Waals surface area contributed by atoms with Crippen LogP contribution in [0.4, 0.5) is 4.39 Å². The minimum Gasteiger partial charge on any atom is -0.496 e. The summed E-state index contributed by atoms with van der Waals surface area (Å²) in [5, 5.41) is 0. The summed E-state index contributed by atoms with van der Waals surface area (Å²) in [5.41, 5.74) is 1.63. The lowest BCUT2D eigenvalue weighted by atomic mass is 10.1. The van der Waals surface area contributed by atoms with Crippen LogP contribution in [0.2, 0.25) is 0 Å². The van der Waals surface area contributed by atoms with E-state index < -0.39 is 0 Å². The second-order valence-corrected chi connectivity index (χ2v) is 7.30. The largest absolute Gasteiger partial charge is 0.496 e. The van der Waals surface area contributed by atoms with Crippen molar-refractivity contribution < 1.29 is 23.1 Å². The SMILES string of the molecule is COc1ccccc1CN(CC1CCCO1)C(=O)c1ccc(-c2ccc(F)cc2)o1. The van der Waals surface area contributed by atoms with Gasteiger partial charge in [-0.3, -0.25) is 4.79 Å². The van der Waals surface area contributed by atoms with Gasteiger partial charge in [-0.25, -0.2) is 4.39 Å². The van der Waals surface area contributed by atoms with E-state index in [1.54, 1.807) is 36.3 Å². The molecule has 1 unspecified atom stereocenters. The fraction of sp³-hybridized carbons (Fsp3) is 0.292. The molecule has 156 valence electrons. The highest BCUT2D eigenvalue weighted by Gasteiger charge is 2.26. The first-order chi connectivity index (χ1) is 14.6. The van der Waals surface area contributed by atoms with E-state index in [1.165, 1.54) is 12.1 Å². The molecule has 1 fully saturated rings. The number of benzene rings is 2. The lowest BCUT2D eigenvalue weighted by Crippen LogP contribution is -2.36. The van der Waals surface area contributed by atoms with Crippen molar-refractivity contribution >= 4 is 5.91 Å². The standard InChI is InChI=1S/C24H24FNO4/c1-28-21-7-3-2-5-18(21)15-26(16-20-6-4-14-29-20)24(27)23-13-12-22(30-23)17-8-10-19(25)11-9-17/h2-3,5,7-13,20H,4,6,14-16H2,1H3. The number of rotatable bonds is 7. The van der Waals surface area contributed by atoms with Gasteiger partial charge >= 0.3 is 0 Å². The predicted molar refractivity (Wildman–Crippen MR) is 111 cm³/mol. The molecule has 5 nitrogen and oxygen atoms in total. The summed E-state index contributed by atoms with van der Waals surface area (Å²) in [4.78, 5) is 15.0. The van der Waals surface area contributed by atoms with Gasteiger partial charge < -0.3 is 18.8 Å². The minimum atomic E-state index is -0.318. The fourth-order valence-corrected chi connectivity index (χ4v) is 3.67. The summed E-state index contributed by atoms with van der Waals surface area (Å²) in [7, 11) is 1.62. The molecule has 30 heavy (non-hydrogen) atoms. The van der Waals surface area contributed by atoms with Gasteiger partial charge in [-0.15, -0.1) is 0 Å². The van der Waals surface area contributed by atoms with E-state index in [4.69, 9.17) is 13.9 Å². The number of hydrogen-bond donors (Lipinski definition) is 0. The second-order valence-electron chi connectivity index (χ2n) is 7.30. The first kappa shape index (κ1) is 20.2. The Kier molecular flexibility index (Phi) is 6.14. The van der Waals surface area contributed by atoms with Crippen LogP contribution in [0.5, 0.6) is 5.75 Å². The zero-order chi connectivity index (χ0) is 20.9. The third-order valence-electron chi connectivity index (χ3n) is 5.23. The third-order valence-corrected chi connectivity index (χ3v) is 5.23. The number of para-hydroxylation sites is 1. The van der Waals surface area contributed by atoms with E-state index in [0.717, 1.165) is 30.8 Å². The zero-order valence-corrected chi connectivity index (χ0v) is 16.8. The van der Waals surface area contributed by atoms with Crippen molar-refractivity contribution in [2.75, 3.05) is 20.3 Å². The number of carbonyl (C=O) groups is 1. The minimum absolute atomic E-state index is 0.00943. The Morgan fingerprint density at radius 1 is 1.13 bits per heavy atom. The normalized spacial score (nSPS) is 15.9. The molecular weight excluding hydrogens is 385 g/mol. The van der Waals surface area contributed by atoms with Crippen molar-refractivity contribution in [3.05, 3.63) is 77.8 Å². The molecule has 1 aliphatic heterocycles. The van der Waals surface area contributed by atoms with Crippen LogP contribution in [0.1, 0.15) is 29.0 Å². The van der Waals surface area contributed by atoms with E-state index in [-0.39, 0.29) is 23.6 Å². The van der Waals surface area contributed by atoms with Crippen molar-refractivity contribution in [2.24, 2.45) is 0 Å². The molecule has 6 heteroatoms. The predicted octanol–water partition coefficient (Wildman–Crippen LogP) is 4.92. The van der Waals surface area contributed by atoms with E-state index in [0.29, 0.717) is 24.4 Å². The molecule has 2 aromatic carbocycles. The molecular formula is C24H24FNO4. The molecule has 2 heterocycles. The highest BCUT2D eigenvalue weighted by molar-refractivity contribution is 5.92. The monoisotopic (exact) mass is 409 g/mol. The number of methoxy groups -OCH3 is 1. The Bertz CT molecular complexity index is 992. The van der Waals surface area contributed by atoms with Gasteiger partial charge in [-0.05, 0) is 55.3 Å². The smallest absolute Gasteiger partial charge is 0.289 e. The lowest BCUT2D eigenvalue weighted by molar-refractivity contribution is 0.0483. The van der Waals surface area contributed by atoms with Gasteiger partial charge in [-0.2, -0.15) is 0 Å². The Morgan fingerprint density at radius 2 is 1.93 bits per heavy atom. The molecule has 1 amide bonds. The van der Waals surface area contributed by atoms with Gasteiger partial charge in [0.25, 0.3) is 5.91 Å². The maximum atomic E-state index is 13.3. The molecule has 0 N–H and O–H groups in total. The number of amides is 1. The molecule has 0 spiro atoms. The van der Waals surface area contributed by atoms with Gasteiger partial charge in [0.15, 0.2) is 5.76 Å². The first-order valence-electron chi connectivity index (χ1n) is 10.0. The van der Waals surface area contributed by atoms with Crippen LogP contribution in [0.15, 0.2) is 65.1 Å². The number of hydrogen-bond acceptors (Lipinski definition) is 4. The average molecular weight is 409 g/mol. The molecule has 1 saturated heterocycles. The third kappa shape index (κ3) is 4.54. The molecule has 0 aliphatic carbocycles. The van der Waals surface area contributed by atoms with Crippen LogP contribution in [-0.2, 0) is 11.3 Å². The molecule has 0 bridgehead atoms. The van der Waals surface area contributed by atoms with Crippen LogP contribution in [0.3, 0.4) is 0 Å². The van der Waals surface area contributed by atoms with Crippen LogP contribution in [0, 0.1) is 5.82 Å². The van der Waals surface area contributed by atoms with E-state index in [2.05, 4.69) is 0 Å². The topological polar surface area (TPSA) is 51.9 Å². The first-order valence-corrected chi connectivity index (χ1v) is 10.0. The van der Waals surface area contributed by atoms with Gasteiger partial charge in [0.2, 0.25) is 0 Å². The molecule has 1 aliphatic rings. The second kappa shape index (κ2) is 9.13. The summed E-state index contributed by atoms with van der Waals surface area (Å²) in [6.07, 6.45) is 1.93. The molecule has 1 aromatic heterocycles. The van der Waals surface area contributed by atoms with Crippen LogP contribution >= 0.6 is 0 Å². The van der Waals surface area contributed by atoms with Gasteiger partial charge in [0, 0.05) is 30.8 Å². The maximum absolute atomic E-state index is 13.3. The Balaban J connectivity index is 1.58. The fourth-order valence-electron chi connectivity index (χ4n) is 3.67. The lowest BCUT2D eigenvalue weighted by Gasteiger charge is -2.25. The molecule has 3 aromatic rings. The molecule has 4 rings (SSSR count). The van der Waals surface area contributed by atoms with E-state index >= 15 is 0 Å². The highest BCUT2D eigenvalue weighted by Crippen LogP contribution is 2.26. The van der Waals surface area contributed by atoms with Crippen LogP contribution in [-0.4, -0.2) is 37.2 Å². The van der Waals surface area contributed by atoms with Crippen LogP contribution in [0.25, 0.3) is 11.3 Å². The van der Waals surface area contributed by atoms with Gasteiger partial charge in [0.05, 0.1) is 13.2 Å². The van der Waals surface area contributed by atoms with Crippen molar-refractivity contribution in [3.8, 4) is 17.1 Å². The molecule has 0 saturated carbocycles. The van der Waals surface area contributed by atoms with Gasteiger partial charge in [-0.1, -0.05) is 18.2 Å².